The van der Waals surface area contributed by atoms with Gasteiger partial charge in [0.2, 0.25) is 0 Å². The van der Waals surface area contributed by atoms with Gasteiger partial charge in [0.05, 0.1) is 5.54 Å². The van der Waals surface area contributed by atoms with Crippen LogP contribution in [0.2, 0.25) is 0 Å². The molecule has 0 radical (unpaired) electrons. The maximum Gasteiger partial charge on any atom is 0.321 e. The van der Waals surface area contributed by atoms with E-state index in [9.17, 15) is 9.18 Å². The molecule has 0 spiro atoms. The first-order valence-corrected chi connectivity index (χ1v) is 7.37. The van der Waals surface area contributed by atoms with Gasteiger partial charge in [0.25, 0.3) is 0 Å². The molecule has 1 aromatic heterocycles. The van der Waals surface area contributed by atoms with E-state index >= 15 is 0 Å². The standard InChI is InChI=1S/C16H17FN4O2/c17-13-3-1-12(2-4-13)16(6-9-23-10-7-16)21-15(22)20-14-5-8-18-11-19-14/h1-5,8,11H,6-7,9-10H2,(H2,18,19,20,21,22). The Labute approximate surface area is 133 Å². The molecule has 1 aromatic carbocycles. The second-order valence-electron chi connectivity index (χ2n) is 5.38. The van der Waals surface area contributed by atoms with Crippen LogP contribution >= 0.6 is 0 Å². The van der Waals surface area contributed by atoms with Crippen molar-refractivity contribution >= 4 is 11.8 Å². The lowest BCUT2D eigenvalue weighted by atomic mass is 9.83. The summed E-state index contributed by atoms with van der Waals surface area (Å²) in [7, 11) is 0. The number of ether oxygens (including phenoxy) is 1. The average Bonchev–Trinajstić information content (AvgIpc) is 2.57. The van der Waals surface area contributed by atoms with Crippen molar-refractivity contribution in [3.8, 4) is 0 Å². The summed E-state index contributed by atoms with van der Waals surface area (Å²) < 4.78 is 18.6. The van der Waals surface area contributed by atoms with Crippen molar-refractivity contribution in [2.45, 2.75) is 18.4 Å². The number of carbonyl (C=O) groups is 1. The van der Waals surface area contributed by atoms with E-state index in [0.29, 0.717) is 31.9 Å². The molecule has 0 unspecified atom stereocenters. The summed E-state index contributed by atoms with van der Waals surface area (Å²) in [6, 6.07) is 7.44. The molecule has 0 bridgehead atoms. The third kappa shape index (κ3) is 3.62. The highest BCUT2D eigenvalue weighted by Gasteiger charge is 2.36. The molecule has 1 aliphatic heterocycles. The number of rotatable bonds is 3. The minimum absolute atomic E-state index is 0.304. The molecule has 1 fully saturated rings. The molecule has 0 saturated carbocycles. The van der Waals surface area contributed by atoms with Crippen LogP contribution in [0, 0.1) is 5.82 Å². The van der Waals surface area contributed by atoms with E-state index in [1.54, 1.807) is 24.4 Å². The number of carbonyl (C=O) groups excluding carboxylic acids is 1. The molecule has 23 heavy (non-hydrogen) atoms. The highest BCUT2D eigenvalue weighted by Crippen LogP contribution is 2.32. The smallest absolute Gasteiger partial charge is 0.321 e. The predicted octanol–water partition coefficient (Wildman–Crippen LogP) is 2.44. The maximum atomic E-state index is 13.2. The number of halogens is 1. The molecule has 0 atom stereocenters. The highest BCUT2D eigenvalue weighted by atomic mass is 19.1. The molecule has 2 heterocycles. The SMILES string of the molecule is O=C(Nc1ccncn1)NC1(c2ccc(F)cc2)CCOCC1. The summed E-state index contributed by atoms with van der Waals surface area (Å²) in [6.07, 6.45) is 4.15. The first-order chi connectivity index (χ1) is 11.2. The lowest BCUT2D eigenvalue weighted by Gasteiger charge is -2.38. The number of anilines is 1. The number of benzene rings is 1. The van der Waals surface area contributed by atoms with E-state index in [-0.39, 0.29) is 11.8 Å². The van der Waals surface area contributed by atoms with E-state index in [0.717, 1.165) is 5.56 Å². The van der Waals surface area contributed by atoms with Crippen molar-refractivity contribution in [2.24, 2.45) is 0 Å². The topological polar surface area (TPSA) is 76.1 Å². The quantitative estimate of drug-likeness (QED) is 0.912. The van der Waals surface area contributed by atoms with Gasteiger partial charge in [-0.3, -0.25) is 5.32 Å². The summed E-state index contributed by atoms with van der Waals surface area (Å²) in [6.45, 7) is 1.07. The van der Waals surface area contributed by atoms with Gasteiger partial charge in [-0.25, -0.2) is 19.2 Å². The molecular weight excluding hydrogens is 299 g/mol. The zero-order valence-corrected chi connectivity index (χ0v) is 12.5. The van der Waals surface area contributed by atoms with Crippen LogP contribution < -0.4 is 10.6 Å². The van der Waals surface area contributed by atoms with Crippen molar-refractivity contribution < 1.29 is 13.9 Å². The summed E-state index contributed by atoms with van der Waals surface area (Å²) in [4.78, 5) is 20.1. The van der Waals surface area contributed by atoms with Crippen molar-refractivity contribution in [3.63, 3.8) is 0 Å². The van der Waals surface area contributed by atoms with Crippen LogP contribution in [0.5, 0.6) is 0 Å². The molecule has 1 aliphatic rings. The van der Waals surface area contributed by atoms with Gasteiger partial charge in [0.1, 0.15) is 18.0 Å². The molecule has 2 aromatic rings. The van der Waals surface area contributed by atoms with Crippen LogP contribution in [0.15, 0.2) is 42.9 Å². The summed E-state index contributed by atoms with van der Waals surface area (Å²) in [5, 5.41) is 5.68. The Morgan fingerprint density at radius 2 is 1.91 bits per heavy atom. The van der Waals surface area contributed by atoms with Gasteiger partial charge < -0.3 is 10.1 Å². The van der Waals surface area contributed by atoms with Gasteiger partial charge in [-0.05, 0) is 36.6 Å². The molecule has 0 aliphatic carbocycles. The zero-order valence-electron chi connectivity index (χ0n) is 12.5. The normalized spacial score (nSPS) is 16.6. The van der Waals surface area contributed by atoms with Gasteiger partial charge in [0.15, 0.2) is 0 Å². The largest absolute Gasteiger partial charge is 0.381 e. The Balaban J connectivity index is 1.79. The number of hydrogen-bond acceptors (Lipinski definition) is 4. The fourth-order valence-corrected chi connectivity index (χ4v) is 2.70. The molecule has 7 heteroatoms. The third-order valence-electron chi connectivity index (χ3n) is 3.92. The van der Waals surface area contributed by atoms with Crippen LogP contribution in [0.25, 0.3) is 0 Å². The van der Waals surface area contributed by atoms with E-state index in [1.807, 2.05) is 0 Å². The number of nitrogens with zero attached hydrogens (tertiary/aromatic N) is 2. The van der Waals surface area contributed by atoms with E-state index < -0.39 is 5.54 Å². The molecule has 2 N–H and O–H groups in total. The predicted molar refractivity (Wildman–Crippen MR) is 82.3 cm³/mol. The van der Waals surface area contributed by atoms with Gasteiger partial charge in [0, 0.05) is 19.4 Å². The first kappa shape index (κ1) is 15.4. The number of nitrogens with one attached hydrogen (secondary N) is 2. The summed E-state index contributed by atoms with van der Waals surface area (Å²) in [5.74, 6) is 0.111. The van der Waals surface area contributed by atoms with Gasteiger partial charge in [-0.1, -0.05) is 12.1 Å². The molecule has 3 rings (SSSR count). The summed E-state index contributed by atoms with van der Waals surface area (Å²) in [5.41, 5.74) is 0.281. The van der Waals surface area contributed by atoms with Crippen LogP contribution in [-0.4, -0.2) is 29.2 Å². The van der Waals surface area contributed by atoms with Gasteiger partial charge in [-0.15, -0.1) is 0 Å². The Hall–Kier alpha value is -2.54. The van der Waals surface area contributed by atoms with Crippen molar-refractivity contribution in [1.82, 2.24) is 15.3 Å². The van der Waals surface area contributed by atoms with Crippen molar-refractivity contribution in [2.75, 3.05) is 18.5 Å². The molecule has 120 valence electrons. The fourth-order valence-electron chi connectivity index (χ4n) is 2.70. The molecule has 6 nitrogen and oxygen atoms in total. The minimum Gasteiger partial charge on any atom is -0.381 e. The van der Waals surface area contributed by atoms with Crippen LogP contribution in [0.3, 0.4) is 0 Å². The molecular formula is C16H17FN4O2. The Bertz CT molecular complexity index is 658. The van der Waals surface area contributed by atoms with Gasteiger partial charge in [-0.2, -0.15) is 0 Å². The first-order valence-electron chi connectivity index (χ1n) is 7.37. The zero-order chi connectivity index (χ0) is 16.1. The van der Waals surface area contributed by atoms with Crippen LogP contribution in [0.4, 0.5) is 15.0 Å². The minimum atomic E-state index is -0.580. The second-order valence-corrected chi connectivity index (χ2v) is 5.38. The van der Waals surface area contributed by atoms with Crippen LogP contribution in [-0.2, 0) is 10.3 Å². The maximum absolute atomic E-state index is 13.2. The second kappa shape index (κ2) is 6.70. The van der Waals surface area contributed by atoms with E-state index in [1.165, 1.54) is 18.5 Å². The average molecular weight is 316 g/mol. The number of amides is 2. The monoisotopic (exact) mass is 316 g/mol. The Kier molecular flexibility index (Phi) is 4.47. The number of urea groups is 1. The van der Waals surface area contributed by atoms with E-state index in [2.05, 4.69) is 20.6 Å². The third-order valence-corrected chi connectivity index (χ3v) is 3.92. The lowest BCUT2D eigenvalue weighted by Crippen LogP contribution is -2.51. The summed E-state index contributed by atoms with van der Waals surface area (Å²) >= 11 is 0. The Morgan fingerprint density at radius 1 is 1.17 bits per heavy atom. The molecule has 1 saturated heterocycles. The number of aromatic nitrogens is 2. The Morgan fingerprint density at radius 3 is 2.57 bits per heavy atom. The molecule has 2 amide bonds. The lowest BCUT2D eigenvalue weighted by molar-refractivity contribution is 0.0417. The number of hydrogen-bond donors (Lipinski definition) is 2. The van der Waals surface area contributed by atoms with Gasteiger partial charge >= 0.3 is 6.03 Å². The van der Waals surface area contributed by atoms with E-state index in [4.69, 9.17) is 4.74 Å². The fraction of sp³-hybridized carbons (Fsp3) is 0.312. The van der Waals surface area contributed by atoms with Crippen molar-refractivity contribution in [1.29, 1.82) is 0 Å². The van der Waals surface area contributed by atoms with Crippen molar-refractivity contribution in [3.05, 3.63) is 54.2 Å². The highest BCUT2D eigenvalue weighted by molar-refractivity contribution is 5.88. The van der Waals surface area contributed by atoms with Crippen LogP contribution in [0.1, 0.15) is 18.4 Å².